The predicted molar refractivity (Wildman–Crippen MR) is 47.8 cm³/mol. The number of aliphatic hydroxyl groups is 1. The quantitative estimate of drug-likeness (QED) is 0.515. The zero-order valence-electron chi connectivity index (χ0n) is 8.24. The molecule has 0 saturated heterocycles. The van der Waals surface area contributed by atoms with E-state index in [4.69, 9.17) is 10.2 Å². The molecule has 0 radical (unpaired) electrons. The minimum absolute atomic E-state index is 0.197. The summed E-state index contributed by atoms with van der Waals surface area (Å²) in [6.45, 7) is 2.25. The van der Waals surface area contributed by atoms with Gasteiger partial charge in [-0.05, 0) is 13.8 Å². The smallest absolute Gasteiger partial charge is 0.329 e. The number of hydrogen-bond donors (Lipinski definition) is 3. The van der Waals surface area contributed by atoms with Crippen molar-refractivity contribution >= 4 is 11.9 Å². The van der Waals surface area contributed by atoms with Gasteiger partial charge in [0.05, 0.1) is 12.1 Å². The van der Waals surface area contributed by atoms with Gasteiger partial charge < -0.3 is 20.3 Å². The predicted octanol–water partition coefficient (Wildman–Crippen LogP) is -1.03. The van der Waals surface area contributed by atoms with Crippen molar-refractivity contribution < 1.29 is 24.5 Å². The molecule has 0 aliphatic heterocycles. The molecule has 0 spiro atoms. The molecule has 0 aromatic rings. The minimum atomic E-state index is -1.13. The number of rotatable bonds is 6. The van der Waals surface area contributed by atoms with Crippen molar-refractivity contribution in [1.82, 2.24) is 5.32 Å². The third-order valence-electron chi connectivity index (χ3n) is 1.33. The van der Waals surface area contributed by atoms with Crippen LogP contribution in [-0.2, 0) is 14.3 Å². The summed E-state index contributed by atoms with van der Waals surface area (Å²) in [5, 5.41) is 19.5. The second-order valence-electron chi connectivity index (χ2n) is 3.48. The van der Waals surface area contributed by atoms with Crippen LogP contribution in [0.4, 0.5) is 0 Å². The van der Waals surface area contributed by atoms with Gasteiger partial charge in [0.1, 0.15) is 13.2 Å². The number of amides is 1. The fourth-order valence-electron chi connectivity index (χ4n) is 0.684. The normalized spacial score (nSPS) is 11.1. The molecule has 0 aromatic heterocycles. The van der Waals surface area contributed by atoms with Crippen LogP contribution in [0.2, 0.25) is 0 Å². The van der Waals surface area contributed by atoms with Crippen LogP contribution < -0.4 is 5.32 Å². The topological polar surface area (TPSA) is 95.9 Å². The Hall–Kier alpha value is -1.14. The average Bonchev–Trinajstić information content (AvgIpc) is 2.02. The standard InChI is InChI=1S/C8H15NO5/c1-8(2,5-10)9-6(11)3-14-4-7(12)13/h10H,3-5H2,1-2H3,(H,9,11)(H,12,13). The Kier molecular flexibility index (Phi) is 5.11. The molecule has 6 heteroatoms. The van der Waals surface area contributed by atoms with Gasteiger partial charge in [0, 0.05) is 0 Å². The molecule has 6 nitrogen and oxygen atoms in total. The van der Waals surface area contributed by atoms with E-state index < -0.39 is 24.0 Å². The monoisotopic (exact) mass is 205 g/mol. The lowest BCUT2D eigenvalue weighted by Gasteiger charge is -2.23. The fourth-order valence-corrected chi connectivity index (χ4v) is 0.684. The zero-order chi connectivity index (χ0) is 11.2. The van der Waals surface area contributed by atoms with Gasteiger partial charge in [-0.1, -0.05) is 0 Å². The molecule has 0 unspecified atom stereocenters. The lowest BCUT2D eigenvalue weighted by molar-refractivity contribution is -0.143. The van der Waals surface area contributed by atoms with Gasteiger partial charge in [0.2, 0.25) is 5.91 Å². The van der Waals surface area contributed by atoms with Crippen LogP contribution in [0.1, 0.15) is 13.8 Å². The molecule has 82 valence electrons. The first-order valence-electron chi connectivity index (χ1n) is 4.09. The Labute approximate surface area is 81.9 Å². The molecular weight excluding hydrogens is 190 g/mol. The van der Waals surface area contributed by atoms with Crippen LogP contribution in [0.3, 0.4) is 0 Å². The highest BCUT2D eigenvalue weighted by molar-refractivity contribution is 5.78. The largest absolute Gasteiger partial charge is 0.480 e. The van der Waals surface area contributed by atoms with E-state index in [1.807, 2.05) is 0 Å². The molecule has 3 N–H and O–H groups in total. The van der Waals surface area contributed by atoms with Crippen LogP contribution in [0, 0.1) is 0 Å². The van der Waals surface area contributed by atoms with E-state index in [0.717, 1.165) is 0 Å². The summed E-state index contributed by atoms with van der Waals surface area (Å²) in [6, 6.07) is 0. The number of carboxylic acid groups (broad SMARTS) is 1. The molecule has 0 saturated carbocycles. The minimum Gasteiger partial charge on any atom is -0.480 e. The van der Waals surface area contributed by atoms with Crippen LogP contribution in [-0.4, -0.2) is 47.4 Å². The number of aliphatic carboxylic acids is 1. The van der Waals surface area contributed by atoms with Crippen LogP contribution in [0.15, 0.2) is 0 Å². The molecule has 0 heterocycles. The average molecular weight is 205 g/mol. The molecule has 1 amide bonds. The van der Waals surface area contributed by atoms with Gasteiger partial charge in [-0.3, -0.25) is 4.79 Å². The first-order chi connectivity index (χ1) is 6.37. The number of carboxylic acids is 1. The first kappa shape index (κ1) is 12.9. The summed E-state index contributed by atoms with van der Waals surface area (Å²) < 4.78 is 4.55. The molecule has 14 heavy (non-hydrogen) atoms. The Balaban J connectivity index is 3.71. The number of carbonyl (C=O) groups is 2. The third-order valence-corrected chi connectivity index (χ3v) is 1.33. The van der Waals surface area contributed by atoms with Crippen molar-refractivity contribution in [1.29, 1.82) is 0 Å². The van der Waals surface area contributed by atoms with Crippen LogP contribution in [0.5, 0.6) is 0 Å². The van der Waals surface area contributed by atoms with Gasteiger partial charge in [0.15, 0.2) is 0 Å². The highest BCUT2D eigenvalue weighted by Gasteiger charge is 2.18. The summed E-state index contributed by atoms with van der Waals surface area (Å²) >= 11 is 0. The molecular formula is C8H15NO5. The van der Waals surface area contributed by atoms with E-state index in [0.29, 0.717) is 0 Å². The number of aliphatic hydroxyl groups excluding tert-OH is 1. The zero-order valence-corrected chi connectivity index (χ0v) is 8.24. The maximum absolute atomic E-state index is 11.1. The van der Waals surface area contributed by atoms with Gasteiger partial charge in [-0.15, -0.1) is 0 Å². The van der Waals surface area contributed by atoms with E-state index in [9.17, 15) is 9.59 Å². The highest BCUT2D eigenvalue weighted by Crippen LogP contribution is 1.98. The number of hydrogen-bond acceptors (Lipinski definition) is 4. The van der Waals surface area contributed by atoms with E-state index in [-0.39, 0.29) is 13.2 Å². The summed E-state index contributed by atoms with van der Waals surface area (Å²) in [7, 11) is 0. The third kappa shape index (κ3) is 6.38. The first-order valence-corrected chi connectivity index (χ1v) is 4.09. The number of ether oxygens (including phenoxy) is 1. The Morgan fingerprint density at radius 2 is 1.93 bits per heavy atom. The molecule has 0 atom stereocenters. The van der Waals surface area contributed by atoms with Crippen molar-refractivity contribution in [3.63, 3.8) is 0 Å². The summed E-state index contributed by atoms with van der Waals surface area (Å²) in [6.07, 6.45) is 0. The lowest BCUT2D eigenvalue weighted by atomic mass is 10.1. The Bertz CT molecular complexity index is 214. The van der Waals surface area contributed by atoms with Crippen LogP contribution in [0.25, 0.3) is 0 Å². The molecule has 0 fully saturated rings. The fraction of sp³-hybridized carbons (Fsp3) is 0.750. The highest BCUT2D eigenvalue weighted by atomic mass is 16.5. The summed E-state index contributed by atoms with van der Waals surface area (Å²) in [5.41, 5.74) is -0.719. The van der Waals surface area contributed by atoms with E-state index in [1.165, 1.54) is 0 Å². The lowest BCUT2D eigenvalue weighted by Crippen LogP contribution is -2.47. The van der Waals surface area contributed by atoms with Crippen LogP contribution >= 0.6 is 0 Å². The molecule has 0 aromatic carbocycles. The Morgan fingerprint density at radius 3 is 2.36 bits per heavy atom. The van der Waals surface area contributed by atoms with E-state index in [2.05, 4.69) is 10.1 Å². The summed E-state index contributed by atoms with van der Waals surface area (Å²) in [4.78, 5) is 21.1. The van der Waals surface area contributed by atoms with Gasteiger partial charge in [0.25, 0.3) is 0 Å². The Morgan fingerprint density at radius 1 is 1.36 bits per heavy atom. The van der Waals surface area contributed by atoms with E-state index >= 15 is 0 Å². The maximum atomic E-state index is 11.1. The number of nitrogens with one attached hydrogen (secondary N) is 1. The molecule has 0 rings (SSSR count). The summed E-state index contributed by atoms with van der Waals surface area (Å²) in [5.74, 6) is -1.58. The van der Waals surface area contributed by atoms with Gasteiger partial charge in [-0.2, -0.15) is 0 Å². The van der Waals surface area contributed by atoms with Crippen molar-refractivity contribution in [2.24, 2.45) is 0 Å². The van der Waals surface area contributed by atoms with Crippen molar-refractivity contribution in [3.8, 4) is 0 Å². The van der Waals surface area contributed by atoms with Gasteiger partial charge in [-0.25, -0.2) is 4.79 Å². The molecule has 0 aliphatic rings. The molecule has 0 bridgehead atoms. The van der Waals surface area contributed by atoms with Gasteiger partial charge >= 0.3 is 5.97 Å². The maximum Gasteiger partial charge on any atom is 0.329 e. The second-order valence-corrected chi connectivity index (χ2v) is 3.48. The van der Waals surface area contributed by atoms with Crippen molar-refractivity contribution in [2.45, 2.75) is 19.4 Å². The SMILES string of the molecule is CC(C)(CO)NC(=O)COCC(=O)O. The number of carbonyl (C=O) groups excluding carboxylic acids is 1. The second kappa shape index (κ2) is 5.56. The molecule has 0 aliphatic carbocycles. The van der Waals surface area contributed by atoms with E-state index in [1.54, 1.807) is 13.8 Å². The van der Waals surface area contributed by atoms with Crippen molar-refractivity contribution in [3.05, 3.63) is 0 Å². The van der Waals surface area contributed by atoms with Crippen molar-refractivity contribution in [2.75, 3.05) is 19.8 Å².